The van der Waals surface area contributed by atoms with Crippen LogP contribution in [-0.2, 0) is 18.4 Å². The molecule has 0 unspecified atom stereocenters. The van der Waals surface area contributed by atoms with Crippen molar-refractivity contribution in [1.29, 1.82) is 0 Å². The van der Waals surface area contributed by atoms with Crippen LogP contribution >= 0.6 is 0 Å². The van der Waals surface area contributed by atoms with E-state index in [0.717, 1.165) is 12.8 Å². The molecule has 1 aliphatic rings. The lowest BCUT2D eigenvalue weighted by Crippen LogP contribution is -2.23. The molecular formula is C11H17N3O3. The lowest BCUT2D eigenvalue weighted by Gasteiger charge is -2.12. The van der Waals surface area contributed by atoms with E-state index in [1.165, 1.54) is 19.0 Å². The van der Waals surface area contributed by atoms with E-state index in [-0.39, 0.29) is 11.7 Å². The summed E-state index contributed by atoms with van der Waals surface area (Å²) in [5.41, 5.74) is 3.68. The molecule has 6 nitrogen and oxygen atoms in total. The topological polar surface area (TPSA) is 76.4 Å². The van der Waals surface area contributed by atoms with Gasteiger partial charge in [0.05, 0.1) is 24.5 Å². The summed E-state index contributed by atoms with van der Waals surface area (Å²) in [6.07, 6.45) is 6.18. The van der Waals surface area contributed by atoms with Crippen LogP contribution in [0.15, 0.2) is 6.20 Å². The molecule has 0 atom stereocenters. The number of hydroxylamine groups is 1. The minimum absolute atomic E-state index is 0.218. The van der Waals surface area contributed by atoms with Gasteiger partial charge < -0.3 is 5.11 Å². The second-order valence-electron chi connectivity index (χ2n) is 4.28. The van der Waals surface area contributed by atoms with Crippen molar-refractivity contribution in [3.63, 3.8) is 0 Å². The fraction of sp³-hybridized carbons (Fsp3) is 0.636. The van der Waals surface area contributed by atoms with Gasteiger partial charge in [-0.2, -0.15) is 10.6 Å². The van der Waals surface area contributed by atoms with E-state index >= 15 is 0 Å². The van der Waals surface area contributed by atoms with Gasteiger partial charge in [0.2, 0.25) is 0 Å². The second kappa shape index (κ2) is 5.29. The molecule has 0 saturated heterocycles. The van der Waals surface area contributed by atoms with Crippen LogP contribution in [0.25, 0.3) is 0 Å². The van der Waals surface area contributed by atoms with Crippen LogP contribution in [-0.4, -0.2) is 27.0 Å². The highest BCUT2D eigenvalue weighted by molar-refractivity contribution is 5.88. The average molecular weight is 239 g/mol. The van der Waals surface area contributed by atoms with Gasteiger partial charge in [-0.3, -0.25) is 9.52 Å². The third-order valence-electron chi connectivity index (χ3n) is 3.08. The molecule has 0 aliphatic heterocycles. The van der Waals surface area contributed by atoms with Gasteiger partial charge in [0, 0.05) is 7.05 Å². The molecule has 1 fully saturated rings. The Morgan fingerprint density at radius 1 is 1.65 bits per heavy atom. The van der Waals surface area contributed by atoms with E-state index in [1.54, 1.807) is 11.7 Å². The van der Waals surface area contributed by atoms with E-state index in [9.17, 15) is 4.79 Å². The highest BCUT2D eigenvalue weighted by Crippen LogP contribution is 2.20. The summed E-state index contributed by atoms with van der Waals surface area (Å²) in [7, 11) is 1.72. The maximum Gasteiger partial charge on any atom is 0.339 e. The fourth-order valence-corrected chi connectivity index (χ4v) is 2.09. The van der Waals surface area contributed by atoms with E-state index < -0.39 is 5.97 Å². The van der Waals surface area contributed by atoms with Crippen molar-refractivity contribution in [2.45, 2.75) is 38.3 Å². The number of aromatic nitrogens is 2. The molecule has 1 aromatic rings. The molecule has 1 heterocycles. The zero-order valence-corrected chi connectivity index (χ0v) is 9.85. The summed E-state index contributed by atoms with van der Waals surface area (Å²) in [6.45, 7) is 0.356. The number of carbonyl (C=O) groups is 1. The summed E-state index contributed by atoms with van der Waals surface area (Å²) in [4.78, 5) is 16.4. The number of carboxylic acid groups (broad SMARTS) is 1. The van der Waals surface area contributed by atoms with Crippen molar-refractivity contribution >= 4 is 5.97 Å². The van der Waals surface area contributed by atoms with Gasteiger partial charge in [0.15, 0.2) is 0 Å². The van der Waals surface area contributed by atoms with Crippen molar-refractivity contribution in [2.75, 3.05) is 0 Å². The number of hydrogen-bond donors (Lipinski definition) is 2. The molecule has 1 aliphatic carbocycles. The Balaban J connectivity index is 1.89. The van der Waals surface area contributed by atoms with Crippen LogP contribution in [0, 0.1) is 0 Å². The molecule has 0 aromatic carbocycles. The average Bonchev–Trinajstić information content (AvgIpc) is 2.89. The molecule has 0 amide bonds. The zero-order valence-electron chi connectivity index (χ0n) is 9.85. The van der Waals surface area contributed by atoms with Crippen molar-refractivity contribution < 1.29 is 14.7 Å². The SMILES string of the molecule is Cn1ncc(C(=O)O)c1CNOC1CCCC1. The number of carboxylic acids is 1. The number of aryl methyl sites for hydroxylation is 1. The molecule has 2 N–H and O–H groups in total. The summed E-state index contributed by atoms with van der Waals surface area (Å²) in [5, 5.41) is 12.9. The van der Waals surface area contributed by atoms with Gasteiger partial charge in [-0.05, 0) is 12.8 Å². The first kappa shape index (κ1) is 12.1. The van der Waals surface area contributed by atoms with Gasteiger partial charge >= 0.3 is 5.97 Å². The molecule has 0 spiro atoms. The Morgan fingerprint density at radius 2 is 2.35 bits per heavy atom. The molecule has 94 valence electrons. The van der Waals surface area contributed by atoms with Crippen LogP contribution in [0.5, 0.6) is 0 Å². The molecule has 17 heavy (non-hydrogen) atoms. The van der Waals surface area contributed by atoms with Crippen molar-refractivity contribution in [3.05, 3.63) is 17.5 Å². The zero-order chi connectivity index (χ0) is 12.3. The Kier molecular flexibility index (Phi) is 3.75. The van der Waals surface area contributed by atoms with Crippen LogP contribution in [0.3, 0.4) is 0 Å². The van der Waals surface area contributed by atoms with Gasteiger partial charge in [-0.1, -0.05) is 12.8 Å². The Bertz CT molecular complexity index is 397. The lowest BCUT2D eigenvalue weighted by molar-refractivity contribution is -0.0254. The van der Waals surface area contributed by atoms with Gasteiger partial charge in [-0.15, -0.1) is 0 Å². The molecule has 2 rings (SSSR count). The first-order chi connectivity index (χ1) is 8.18. The van der Waals surface area contributed by atoms with Crippen LogP contribution in [0.2, 0.25) is 0 Å². The maximum absolute atomic E-state index is 10.9. The van der Waals surface area contributed by atoms with E-state index in [0.29, 0.717) is 12.2 Å². The second-order valence-corrected chi connectivity index (χ2v) is 4.28. The molecule has 1 aromatic heterocycles. The number of hydrogen-bond acceptors (Lipinski definition) is 4. The quantitative estimate of drug-likeness (QED) is 0.752. The third kappa shape index (κ3) is 2.83. The van der Waals surface area contributed by atoms with Crippen molar-refractivity contribution in [2.24, 2.45) is 7.05 Å². The number of aromatic carboxylic acids is 1. The highest BCUT2D eigenvalue weighted by atomic mass is 16.7. The van der Waals surface area contributed by atoms with E-state index in [4.69, 9.17) is 9.94 Å². The minimum Gasteiger partial charge on any atom is -0.478 e. The van der Waals surface area contributed by atoms with Crippen LogP contribution in [0.4, 0.5) is 0 Å². The number of rotatable bonds is 5. The Morgan fingerprint density at radius 3 is 3.00 bits per heavy atom. The summed E-state index contributed by atoms with van der Waals surface area (Å²) >= 11 is 0. The fourth-order valence-electron chi connectivity index (χ4n) is 2.09. The van der Waals surface area contributed by atoms with Gasteiger partial charge in [-0.25, -0.2) is 4.79 Å². The Labute approximate surface area is 99.5 Å². The van der Waals surface area contributed by atoms with Crippen LogP contribution in [0.1, 0.15) is 41.7 Å². The molecule has 0 bridgehead atoms. The number of nitrogens with one attached hydrogen (secondary N) is 1. The van der Waals surface area contributed by atoms with Crippen molar-refractivity contribution in [1.82, 2.24) is 15.3 Å². The highest BCUT2D eigenvalue weighted by Gasteiger charge is 2.17. The summed E-state index contributed by atoms with van der Waals surface area (Å²) < 4.78 is 1.55. The third-order valence-corrected chi connectivity index (χ3v) is 3.08. The van der Waals surface area contributed by atoms with Gasteiger partial charge in [0.1, 0.15) is 5.56 Å². The van der Waals surface area contributed by atoms with Gasteiger partial charge in [0.25, 0.3) is 0 Å². The van der Waals surface area contributed by atoms with Crippen molar-refractivity contribution in [3.8, 4) is 0 Å². The molecular weight excluding hydrogens is 222 g/mol. The first-order valence-corrected chi connectivity index (χ1v) is 5.81. The standard InChI is InChI=1S/C11H17N3O3/c1-14-10(9(6-12-14)11(15)16)7-13-17-8-4-2-3-5-8/h6,8,13H,2-5,7H2,1H3,(H,15,16). The predicted molar refractivity (Wildman–Crippen MR) is 60.3 cm³/mol. The minimum atomic E-state index is -0.962. The largest absolute Gasteiger partial charge is 0.478 e. The monoisotopic (exact) mass is 239 g/mol. The molecule has 6 heteroatoms. The lowest BCUT2D eigenvalue weighted by atomic mass is 10.2. The van der Waals surface area contributed by atoms with E-state index in [1.807, 2.05) is 0 Å². The number of nitrogens with zero attached hydrogens (tertiary/aromatic N) is 2. The van der Waals surface area contributed by atoms with E-state index in [2.05, 4.69) is 10.6 Å². The molecule has 0 radical (unpaired) electrons. The Hall–Kier alpha value is -1.40. The molecule has 1 saturated carbocycles. The smallest absolute Gasteiger partial charge is 0.339 e. The summed E-state index contributed by atoms with van der Waals surface area (Å²) in [5.74, 6) is -0.962. The maximum atomic E-state index is 10.9. The van der Waals surface area contributed by atoms with Crippen LogP contribution < -0.4 is 5.48 Å². The normalized spacial score (nSPS) is 16.5. The predicted octanol–water partition coefficient (Wildman–Crippen LogP) is 1.08. The summed E-state index contributed by atoms with van der Waals surface area (Å²) in [6, 6.07) is 0. The first-order valence-electron chi connectivity index (χ1n) is 5.81.